The van der Waals surface area contributed by atoms with Crippen LogP contribution >= 0.6 is 10.7 Å². The van der Waals surface area contributed by atoms with Crippen LogP contribution in [0.4, 0.5) is 0 Å². The van der Waals surface area contributed by atoms with E-state index in [1.165, 1.54) is 12.1 Å². The molecule has 118 valence electrons. The molecule has 1 aromatic rings. The number of halogens is 1. The maximum atomic E-state index is 11.8. The number of esters is 1. The molecule has 0 aliphatic heterocycles. The zero-order valence-electron chi connectivity index (χ0n) is 12.1. The Bertz CT molecular complexity index is 583. The summed E-state index contributed by atoms with van der Waals surface area (Å²) in [6.07, 6.45) is 2.00. The predicted octanol–water partition coefficient (Wildman–Crippen LogP) is 2.90. The van der Waals surface area contributed by atoms with Crippen molar-refractivity contribution in [3.63, 3.8) is 0 Å². The van der Waals surface area contributed by atoms with Crippen LogP contribution in [0, 0.1) is 6.92 Å². The Hall–Kier alpha value is -1.11. The normalized spacial score (nSPS) is 11.4. The highest BCUT2D eigenvalue weighted by Gasteiger charge is 2.15. The number of rotatable bonds is 8. The summed E-state index contributed by atoms with van der Waals surface area (Å²) in [6, 6.07) is 4.15. The molecule has 0 radical (unpaired) electrons. The number of hydrogen-bond donors (Lipinski definition) is 0. The zero-order chi connectivity index (χ0) is 15.9. The lowest BCUT2D eigenvalue weighted by atomic mass is 10.1. The van der Waals surface area contributed by atoms with E-state index in [1.54, 1.807) is 13.0 Å². The number of ether oxygens (including phenoxy) is 2. The highest BCUT2D eigenvalue weighted by molar-refractivity contribution is 8.13. The molecule has 0 bridgehead atoms. The second-order valence-corrected chi connectivity index (χ2v) is 7.14. The molecule has 0 saturated carbocycles. The Kier molecular flexibility index (Phi) is 7.14. The second kappa shape index (κ2) is 8.36. The summed E-state index contributed by atoms with van der Waals surface area (Å²) in [6.45, 7) is 4.81. The molecule has 5 nitrogen and oxygen atoms in total. The summed E-state index contributed by atoms with van der Waals surface area (Å²) >= 11 is 0. The minimum atomic E-state index is -3.88. The van der Waals surface area contributed by atoms with E-state index in [1.807, 2.05) is 0 Å². The molecular formula is C14H19ClO5S. The lowest BCUT2D eigenvalue weighted by Gasteiger charge is -2.07. The van der Waals surface area contributed by atoms with Crippen LogP contribution in [0.25, 0.3) is 0 Å². The van der Waals surface area contributed by atoms with Crippen LogP contribution in [0.3, 0.4) is 0 Å². The van der Waals surface area contributed by atoms with E-state index < -0.39 is 15.0 Å². The van der Waals surface area contributed by atoms with Crippen LogP contribution in [0.15, 0.2) is 23.1 Å². The highest BCUT2D eigenvalue weighted by Crippen LogP contribution is 2.19. The summed E-state index contributed by atoms with van der Waals surface area (Å²) < 4.78 is 32.9. The highest BCUT2D eigenvalue weighted by atomic mass is 35.7. The predicted molar refractivity (Wildman–Crippen MR) is 80.2 cm³/mol. The van der Waals surface area contributed by atoms with Gasteiger partial charge in [-0.15, -0.1) is 0 Å². The molecular weight excluding hydrogens is 316 g/mol. The Morgan fingerprint density at radius 1 is 1.19 bits per heavy atom. The molecule has 21 heavy (non-hydrogen) atoms. The van der Waals surface area contributed by atoms with Crippen molar-refractivity contribution in [3.8, 4) is 0 Å². The van der Waals surface area contributed by atoms with Gasteiger partial charge < -0.3 is 9.47 Å². The van der Waals surface area contributed by atoms with Gasteiger partial charge in [-0.3, -0.25) is 0 Å². The SMILES string of the molecule is CCCCOCCOC(=O)c1cc(C)cc(S(=O)(=O)Cl)c1. The molecule has 0 aromatic heterocycles. The molecule has 0 N–H and O–H groups in total. The van der Waals surface area contributed by atoms with Crippen LogP contribution < -0.4 is 0 Å². The van der Waals surface area contributed by atoms with Crippen molar-refractivity contribution < 1.29 is 22.7 Å². The van der Waals surface area contributed by atoms with Gasteiger partial charge in [0.1, 0.15) is 6.61 Å². The smallest absolute Gasteiger partial charge is 0.338 e. The van der Waals surface area contributed by atoms with E-state index in [-0.39, 0.29) is 17.1 Å². The minimum absolute atomic E-state index is 0.115. The van der Waals surface area contributed by atoms with Gasteiger partial charge in [0, 0.05) is 17.3 Å². The first-order chi connectivity index (χ1) is 9.84. The van der Waals surface area contributed by atoms with E-state index in [0.717, 1.165) is 12.8 Å². The third-order valence-electron chi connectivity index (χ3n) is 2.67. The summed E-state index contributed by atoms with van der Waals surface area (Å²) in [5.74, 6) is -0.598. The third kappa shape index (κ3) is 6.46. The largest absolute Gasteiger partial charge is 0.460 e. The Labute approximate surface area is 129 Å². The number of carbonyl (C=O) groups excluding carboxylic acids is 1. The molecule has 0 atom stereocenters. The van der Waals surface area contributed by atoms with Gasteiger partial charge in [0.25, 0.3) is 9.05 Å². The third-order valence-corrected chi connectivity index (χ3v) is 4.00. The van der Waals surface area contributed by atoms with Gasteiger partial charge in [0.2, 0.25) is 0 Å². The number of unbranched alkanes of at least 4 members (excludes halogenated alkanes) is 1. The summed E-state index contributed by atoms with van der Waals surface area (Å²) in [5, 5.41) is 0. The molecule has 0 amide bonds. The van der Waals surface area contributed by atoms with Gasteiger partial charge in [0.05, 0.1) is 17.1 Å². The van der Waals surface area contributed by atoms with Crippen molar-refractivity contribution in [3.05, 3.63) is 29.3 Å². The monoisotopic (exact) mass is 334 g/mol. The quantitative estimate of drug-likeness (QED) is 0.415. The van der Waals surface area contributed by atoms with E-state index in [9.17, 15) is 13.2 Å². The fourth-order valence-electron chi connectivity index (χ4n) is 1.63. The molecule has 0 spiro atoms. The summed E-state index contributed by atoms with van der Waals surface area (Å²) in [5.41, 5.74) is 0.769. The molecule has 0 aliphatic rings. The lowest BCUT2D eigenvalue weighted by molar-refractivity contribution is 0.0313. The topological polar surface area (TPSA) is 69.7 Å². The van der Waals surface area contributed by atoms with Crippen LogP contribution in [0.5, 0.6) is 0 Å². The summed E-state index contributed by atoms with van der Waals surface area (Å²) in [7, 11) is 1.41. The van der Waals surface area contributed by atoms with Gasteiger partial charge in [-0.25, -0.2) is 13.2 Å². The van der Waals surface area contributed by atoms with Gasteiger partial charge in [-0.05, 0) is 37.1 Å². The lowest BCUT2D eigenvalue weighted by Crippen LogP contribution is -2.12. The minimum Gasteiger partial charge on any atom is -0.460 e. The Balaban J connectivity index is 2.60. The van der Waals surface area contributed by atoms with Crippen molar-refractivity contribution in [2.75, 3.05) is 19.8 Å². The molecule has 0 unspecified atom stereocenters. The second-order valence-electron chi connectivity index (χ2n) is 4.57. The number of aryl methyl sites for hydroxylation is 1. The van der Waals surface area contributed by atoms with Crippen LogP contribution in [0.1, 0.15) is 35.7 Å². The van der Waals surface area contributed by atoms with E-state index >= 15 is 0 Å². The first-order valence-electron chi connectivity index (χ1n) is 6.66. The van der Waals surface area contributed by atoms with Gasteiger partial charge in [0.15, 0.2) is 0 Å². The van der Waals surface area contributed by atoms with Crippen molar-refractivity contribution in [1.29, 1.82) is 0 Å². The molecule has 0 aliphatic carbocycles. The number of hydrogen-bond acceptors (Lipinski definition) is 5. The van der Waals surface area contributed by atoms with Crippen molar-refractivity contribution in [1.82, 2.24) is 0 Å². The summed E-state index contributed by atoms with van der Waals surface area (Å²) in [4.78, 5) is 11.7. The number of benzene rings is 1. The molecule has 0 fully saturated rings. The molecule has 0 heterocycles. The van der Waals surface area contributed by atoms with Gasteiger partial charge in [-0.1, -0.05) is 13.3 Å². The van der Waals surface area contributed by atoms with E-state index in [2.05, 4.69) is 6.92 Å². The van der Waals surface area contributed by atoms with E-state index in [4.69, 9.17) is 20.2 Å². The zero-order valence-corrected chi connectivity index (χ0v) is 13.7. The fraction of sp³-hybridized carbons (Fsp3) is 0.500. The molecule has 1 aromatic carbocycles. The van der Waals surface area contributed by atoms with Gasteiger partial charge >= 0.3 is 5.97 Å². The molecule has 0 saturated heterocycles. The fourth-order valence-corrected chi connectivity index (χ4v) is 2.49. The van der Waals surface area contributed by atoms with Crippen molar-refractivity contribution in [2.24, 2.45) is 0 Å². The first kappa shape index (κ1) is 17.9. The standard InChI is InChI=1S/C14H19ClO5S/c1-3-4-5-19-6-7-20-14(16)12-8-11(2)9-13(10-12)21(15,17)18/h8-10H,3-7H2,1-2H3. The Morgan fingerprint density at radius 2 is 1.90 bits per heavy atom. The van der Waals surface area contributed by atoms with Gasteiger partial charge in [-0.2, -0.15) is 0 Å². The number of carbonyl (C=O) groups is 1. The molecule has 1 rings (SSSR count). The van der Waals surface area contributed by atoms with Crippen LogP contribution in [-0.4, -0.2) is 34.2 Å². The average molecular weight is 335 g/mol. The Morgan fingerprint density at radius 3 is 2.52 bits per heavy atom. The van der Waals surface area contributed by atoms with Crippen LogP contribution in [-0.2, 0) is 18.5 Å². The molecule has 7 heteroatoms. The first-order valence-corrected chi connectivity index (χ1v) is 8.96. The maximum Gasteiger partial charge on any atom is 0.338 e. The maximum absolute atomic E-state index is 11.8. The van der Waals surface area contributed by atoms with Crippen LogP contribution in [0.2, 0.25) is 0 Å². The average Bonchev–Trinajstić information content (AvgIpc) is 2.40. The van der Waals surface area contributed by atoms with Crippen molar-refractivity contribution in [2.45, 2.75) is 31.6 Å². The van der Waals surface area contributed by atoms with Crippen molar-refractivity contribution >= 4 is 25.7 Å². The van der Waals surface area contributed by atoms with E-state index in [0.29, 0.717) is 18.8 Å².